The highest BCUT2D eigenvalue weighted by molar-refractivity contribution is 5.39. The molecule has 0 saturated heterocycles. The number of nitro groups is 1. The van der Waals surface area contributed by atoms with Gasteiger partial charge in [0.2, 0.25) is 11.6 Å². The van der Waals surface area contributed by atoms with Crippen LogP contribution in [0.1, 0.15) is 5.69 Å². The molecule has 1 aromatic heterocycles. The Hall–Kier alpha value is -2.51. The van der Waals surface area contributed by atoms with Crippen LogP contribution < -0.4 is 4.74 Å². The molecule has 0 aliphatic carbocycles. The highest BCUT2D eigenvalue weighted by Gasteiger charge is 2.22. The molecule has 0 N–H and O–H groups in total. The SMILES string of the molecule is Cn1ccc(COc2ccc([N+](=O)[O-])c(F)c2F)n1. The number of hydrogen-bond donors (Lipinski definition) is 0. The zero-order valence-corrected chi connectivity index (χ0v) is 9.84. The van der Waals surface area contributed by atoms with Crippen LogP contribution in [0.5, 0.6) is 5.75 Å². The van der Waals surface area contributed by atoms with Crippen LogP contribution in [0.2, 0.25) is 0 Å². The molecule has 0 amide bonds. The second-order valence-corrected chi connectivity index (χ2v) is 3.74. The van der Waals surface area contributed by atoms with E-state index >= 15 is 0 Å². The summed E-state index contributed by atoms with van der Waals surface area (Å²) in [5.41, 5.74) is -0.400. The van der Waals surface area contributed by atoms with Crippen molar-refractivity contribution >= 4 is 5.69 Å². The van der Waals surface area contributed by atoms with Crippen molar-refractivity contribution in [1.29, 1.82) is 0 Å². The van der Waals surface area contributed by atoms with Gasteiger partial charge in [0.25, 0.3) is 0 Å². The van der Waals surface area contributed by atoms with Crippen molar-refractivity contribution in [2.24, 2.45) is 7.05 Å². The van der Waals surface area contributed by atoms with Crippen molar-refractivity contribution in [3.8, 4) is 5.75 Å². The summed E-state index contributed by atoms with van der Waals surface area (Å²) < 4.78 is 33.4. The standard InChI is InChI=1S/C11H9F2N3O3/c1-15-5-4-7(14-15)6-19-9-3-2-8(16(17)18)10(12)11(9)13/h2-5H,6H2,1H3. The van der Waals surface area contributed by atoms with E-state index in [9.17, 15) is 18.9 Å². The van der Waals surface area contributed by atoms with Gasteiger partial charge in [0.1, 0.15) is 6.61 Å². The molecule has 0 aliphatic rings. The summed E-state index contributed by atoms with van der Waals surface area (Å²) in [6, 6.07) is 3.52. The van der Waals surface area contributed by atoms with E-state index in [0.29, 0.717) is 5.69 Å². The summed E-state index contributed by atoms with van der Waals surface area (Å²) >= 11 is 0. The van der Waals surface area contributed by atoms with Crippen LogP contribution in [-0.4, -0.2) is 14.7 Å². The monoisotopic (exact) mass is 269 g/mol. The minimum atomic E-state index is -1.54. The molecular formula is C11H9F2N3O3. The highest BCUT2D eigenvalue weighted by atomic mass is 19.2. The van der Waals surface area contributed by atoms with E-state index in [1.54, 1.807) is 19.3 Å². The minimum Gasteiger partial charge on any atom is -0.484 e. The lowest BCUT2D eigenvalue weighted by molar-refractivity contribution is -0.387. The predicted octanol–water partition coefficient (Wildman–Crippen LogP) is 2.19. The Morgan fingerprint density at radius 2 is 2.11 bits per heavy atom. The maximum absolute atomic E-state index is 13.5. The predicted molar refractivity (Wildman–Crippen MR) is 60.6 cm³/mol. The van der Waals surface area contributed by atoms with Crippen molar-refractivity contribution in [2.75, 3.05) is 0 Å². The lowest BCUT2D eigenvalue weighted by atomic mass is 10.3. The fraction of sp³-hybridized carbons (Fsp3) is 0.182. The van der Waals surface area contributed by atoms with E-state index in [2.05, 4.69) is 5.10 Å². The van der Waals surface area contributed by atoms with Crippen molar-refractivity contribution < 1.29 is 18.4 Å². The van der Waals surface area contributed by atoms with Crippen molar-refractivity contribution in [3.63, 3.8) is 0 Å². The van der Waals surface area contributed by atoms with E-state index in [1.807, 2.05) is 0 Å². The maximum Gasteiger partial charge on any atom is 0.308 e. The van der Waals surface area contributed by atoms with Gasteiger partial charge >= 0.3 is 5.69 Å². The summed E-state index contributed by atoms with van der Waals surface area (Å²) in [6.07, 6.45) is 1.67. The zero-order valence-electron chi connectivity index (χ0n) is 9.84. The van der Waals surface area contributed by atoms with E-state index in [1.165, 1.54) is 4.68 Å². The largest absolute Gasteiger partial charge is 0.484 e. The average molecular weight is 269 g/mol. The van der Waals surface area contributed by atoms with Gasteiger partial charge in [-0.2, -0.15) is 13.9 Å². The first-order valence-corrected chi connectivity index (χ1v) is 5.22. The van der Waals surface area contributed by atoms with Gasteiger partial charge in [-0.1, -0.05) is 0 Å². The molecule has 100 valence electrons. The van der Waals surface area contributed by atoms with Gasteiger partial charge in [-0.3, -0.25) is 14.8 Å². The third-order valence-corrected chi connectivity index (χ3v) is 2.37. The van der Waals surface area contributed by atoms with E-state index < -0.39 is 28.0 Å². The summed E-state index contributed by atoms with van der Waals surface area (Å²) in [6.45, 7) is -0.0605. The molecule has 0 fully saturated rings. The quantitative estimate of drug-likeness (QED) is 0.630. The van der Waals surface area contributed by atoms with E-state index in [0.717, 1.165) is 12.1 Å². The van der Waals surface area contributed by atoms with Crippen LogP contribution in [0.25, 0.3) is 0 Å². The molecule has 1 heterocycles. The van der Waals surface area contributed by atoms with Gasteiger partial charge in [-0.15, -0.1) is 0 Å². The first-order chi connectivity index (χ1) is 8.99. The lowest BCUT2D eigenvalue weighted by Gasteiger charge is -2.06. The average Bonchev–Trinajstić information content (AvgIpc) is 2.76. The highest BCUT2D eigenvalue weighted by Crippen LogP contribution is 2.27. The van der Waals surface area contributed by atoms with Crippen LogP contribution in [0.4, 0.5) is 14.5 Å². The first-order valence-electron chi connectivity index (χ1n) is 5.22. The molecule has 0 spiro atoms. The molecule has 0 radical (unpaired) electrons. The minimum absolute atomic E-state index is 0.0605. The molecule has 0 bridgehead atoms. The summed E-state index contributed by atoms with van der Waals surface area (Å²) in [5.74, 6) is -3.32. The lowest BCUT2D eigenvalue weighted by Crippen LogP contribution is -2.02. The van der Waals surface area contributed by atoms with Crippen LogP contribution in [0, 0.1) is 21.7 Å². The van der Waals surface area contributed by atoms with Gasteiger partial charge in [0.05, 0.1) is 10.6 Å². The Morgan fingerprint density at radius 1 is 1.37 bits per heavy atom. The molecule has 0 unspecified atom stereocenters. The molecule has 2 aromatic rings. The van der Waals surface area contributed by atoms with Gasteiger partial charge in [-0.05, 0) is 12.1 Å². The summed E-state index contributed by atoms with van der Waals surface area (Å²) in [7, 11) is 1.70. The number of aromatic nitrogens is 2. The molecule has 19 heavy (non-hydrogen) atoms. The first kappa shape index (κ1) is 12.9. The third kappa shape index (κ3) is 2.67. The van der Waals surface area contributed by atoms with Crippen LogP contribution in [-0.2, 0) is 13.7 Å². The number of ether oxygens (including phenoxy) is 1. The van der Waals surface area contributed by atoms with E-state index in [-0.39, 0.29) is 6.61 Å². The van der Waals surface area contributed by atoms with Gasteiger partial charge in [-0.25, -0.2) is 0 Å². The van der Waals surface area contributed by atoms with Gasteiger partial charge < -0.3 is 4.74 Å². The van der Waals surface area contributed by atoms with Gasteiger partial charge in [0, 0.05) is 19.3 Å². The van der Waals surface area contributed by atoms with Gasteiger partial charge in [0.15, 0.2) is 5.75 Å². The smallest absolute Gasteiger partial charge is 0.308 e. The fourth-order valence-electron chi connectivity index (χ4n) is 1.47. The van der Waals surface area contributed by atoms with Crippen LogP contribution in [0.15, 0.2) is 24.4 Å². The van der Waals surface area contributed by atoms with Crippen molar-refractivity contribution in [3.05, 3.63) is 51.8 Å². The third-order valence-electron chi connectivity index (χ3n) is 2.37. The number of benzene rings is 1. The Bertz CT molecular complexity index is 628. The number of aryl methyl sites for hydroxylation is 1. The molecular weight excluding hydrogens is 260 g/mol. The van der Waals surface area contributed by atoms with E-state index in [4.69, 9.17) is 4.74 Å². The molecule has 6 nitrogen and oxygen atoms in total. The summed E-state index contributed by atoms with van der Waals surface area (Å²) in [5, 5.41) is 14.4. The zero-order chi connectivity index (χ0) is 14.0. The Balaban J connectivity index is 2.17. The normalized spacial score (nSPS) is 10.5. The molecule has 0 aliphatic heterocycles. The Kier molecular flexibility index (Phi) is 3.41. The number of halogens is 2. The fourth-order valence-corrected chi connectivity index (χ4v) is 1.47. The second-order valence-electron chi connectivity index (χ2n) is 3.74. The number of nitrogens with zero attached hydrogens (tertiary/aromatic N) is 3. The Morgan fingerprint density at radius 3 is 2.68 bits per heavy atom. The number of hydrogen-bond acceptors (Lipinski definition) is 4. The summed E-state index contributed by atoms with van der Waals surface area (Å²) in [4.78, 5) is 9.41. The molecule has 2 rings (SSSR count). The topological polar surface area (TPSA) is 70.2 Å². The van der Waals surface area contributed by atoms with Crippen molar-refractivity contribution in [1.82, 2.24) is 9.78 Å². The number of rotatable bonds is 4. The number of nitro benzene ring substituents is 1. The van der Waals surface area contributed by atoms with Crippen molar-refractivity contribution in [2.45, 2.75) is 6.61 Å². The molecule has 8 heteroatoms. The van der Waals surface area contributed by atoms with Crippen LogP contribution >= 0.6 is 0 Å². The maximum atomic E-state index is 13.5. The molecule has 1 aromatic carbocycles. The Labute approximate surface area is 106 Å². The molecule has 0 atom stereocenters. The second kappa shape index (κ2) is 5.01. The molecule has 0 saturated carbocycles. The van der Waals surface area contributed by atoms with Crippen LogP contribution in [0.3, 0.4) is 0 Å².